The molecule has 150 valence electrons. The molecule has 2 aliphatic heterocycles. The van der Waals surface area contributed by atoms with Crippen molar-refractivity contribution in [3.63, 3.8) is 0 Å². The molecule has 2 N–H and O–H groups in total. The molecule has 0 saturated carbocycles. The molecule has 2 aliphatic carbocycles. The first kappa shape index (κ1) is 17.5. The van der Waals surface area contributed by atoms with E-state index in [2.05, 4.69) is 18.0 Å². The van der Waals surface area contributed by atoms with Gasteiger partial charge in [-0.05, 0) is 43.6 Å². The second kappa shape index (κ2) is 5.85. The van der Waals surface area contributed by atoms with Crippen molar-refractivity contribution in [2.24, 2.45) is 0 Å². The molecule has 6 rings (SSSR count). The highest BCUT2D eigenvalue weighted by Gasteiger charge is 2.71. The lowest BCUT2D eigenvalue weighted by atomic mass is 9.50. The van der Waals surface area contributed by atoms with Gasteiger partial charge in [-0.25, -0.2) is 0 Å². The molecule has 5 atom stereocenters. The second-order valence-corrected chi connectivity index (χ2v) is 8.84. The Kier molecular flexibility index (Phi) is 3.53. The third-order valence-electron chi connectivity index (χ3n) is 7.51. The Morgan fingerprint density at radius 1 is 1.21 bits per heavy atom. The van der Waals surface area contributed by atoms with Crippen LogP contribution in [0.2, 0.25) is 0 Å². The smallest absolute Gasteiger partial charge is 0.166 e. The lowest BCUT2D eigenvalue weighted by Gasteiger charge is -2.61. The molecule has 1 saturated heterocycles. The molecule has 0 radical (unpaired) electrons. The number of aliphatic hydroxyl groups is 2. The highest BCUT2D eigenvalue weighted by Crippen LogP contribution is 2.64. The predicted molar refractivity (Wildman–Crippen MR) is 108 cm³/mol. The molecule has 1 fully saturated rings. The molecule has 0 aromatic heterocycles. The number of ether oxygens (including phenoxy) is 2. The van der Waals surface area contributed by atoms with E-state index in [-0.39, 0.29) is 6.04 Å². The van der Waals surface area contributed by atoms with Crippen LogP contribution in [0.1, 0.15) is 23.1 Å². The Bertz CT molecular complexity index is 1010. The van der Waals surface area contributed by atoms with Crippen LogP contribution in [0.15, 0.2) is 54.6 Å². The molecule has 29 heavy (non-hydrogen) atoms. The number of likely N-dealkylation sites (N-methyl/N-ethyl adjacent to an activating group) is 1. The zero-order chi connectivity index (χ0) is 19.8. The average molecular weight is 391 g/mol. The number of hydrogen-bond donors (Lipinski definition) is 2. The number of hydrogen-bond acceptors (Lipinski definition) is 5. The standard InChI is InChI=1S/C24H25NO4/c1-25-12-11-23-20-16-7-8-18(28-14-15-5-3-2-4-6-15)21(20)29-22(23)17(26)9-10-24(23,27)19(25)13-16/h2-10,17,19,22,26-27H,11-14H2,1H3/t17-,19+,22-,23-,24+/m0/s1. The summed E-state index contributed by atoms with van der Waals surface area (Å²) < 4.78 is 12.6. The minimum atomic E-state index is -1.06. The van der Waals surface area contributed by atoms with Crippen LogP contribution in [0.3, 0.4) is 0 Å². The lowest BCUT2D eigenvalue weighted by molar-refractivity contribution is -0.151. The van der Waals surface area contributed by atoms with E-state index in [4.69, 9.17) is 9.47 Å². The zero-order valence-electron chi connectivity index (χ0n) is 16.4. The number of piperidine rings is 1. The van der Waals surface area contributed by atoms with Crippen molar-refractivity contribution in [2.75, 3.05) is 13.6 Å². The van der Waals surface area contributed by atoms with Gasteiger partial charge in [-0.3, -0.25) is 4.90 Å². The van der Waals surface area contributed by atoms with E-state index in [1.54, 1.807) is 6.08 Å². The number of nitrogens with zero attached hydrogens (tertiary/aromatic N) is 1. The third kappa shape index (κ3) is 2.10. The number of aliphatic hydroxyl groups excluding tert-OH is 1. The Hall–Kier alpha value is -2.34. The predicted octanol–water partition coefficient (Wildman–Crippen LogP) is 2.19. The minimum absolute atomic E-state index is 0.0272. The van der Waals surface area contributed by atoms with Crippen molar-refractivity contribution >= 4 is 0 Å². The summed E-state index contributed by atoms with van der Waals surface area (Å²) in [5, 5.41) is 22.7. The van der Waals surface area contributed by atoms with Gasteiger partial charge in [0.15, 0.2) is 11.5 Å². The molecule has 5 heteroatoms. The summed E-state index contributed by atoms with van der Waals surface area (Å²) in [6.07, 6.45) is 3.78. The van der Waals surface area contributed by atoms with E-state index in [0.29, 0.717) is 18.1 Å². The normalized spacial score (nSPS) is 36.4. The minimum Gasteiger partial charge on any atom is -0.485 e. The highest BCUT2D eigenvalue weighted by atomic mass is 16.5. The van der Waals surface area contributed by atoms with Gasteiger partial charge >= 0.3 is 0 Å². The molecule has 5 nitrogen and oxygen atoms in total. The molecule has 2 aromatic rings. The molecule has 2 bridgehead atoms. The van der Waals surface area contributed by atoms with Gasteiger partial charge < -0.3 is 19.7 Å². The number of benzene rings is 2. The summed E-state index contributed by atoms with van der Waals surface area (Å²) in [6, 6.07) is 14.1. The molecular weight excluding hydrogens is 366 g/mol. The monoisotopic (exact) mass is 391 g/mol. The van der Waals surface area contributed by atoms with E-state index >= 15 is 0 Å². The first-order valence-corrected chi connectivity index (χ1v) is 10.3. The van der Waals surface area contributed by atoms with Crippen molar-refractivity contribution in [3.05, 3.63) is 71.3 Å². The van der Waals surface area contributed by atoms with Gasteiger partial charge in [0, 0.05) is 11.6 Å². The van der Waals surface area contributed by atoms with Crippen molar-refractivity contribution in [2.45, 2.75) is 48.7 Å². The molecule has 2 aromatic carbocycles. The zero-order valence-corrected chi connectivity index (χ0v) is 16.4. The van der Waals surface area contributed by atoms with E-state index in [1.165, 1.54) is 5.56 Å². The Labute approximate surface area is 170 Å². The van der Waals surface area contributed by atoms with Crippen LogP contribution < -0.4 is 9.47 Å². The fourth-order valence-electron chi connectivity index (χ4n) is 6.12. The quantitative estimate of drug-likeness (QED) is 0.786. The van der Waals surface area contributed by atoms with Crippen LogP contribution in [0.5, 0.6) is 11.5 Å². The Balaban J connectivity index is 1.49. The molecule has 0 amide bonds. The first-order chi connectivity index (χ1) is 14.0. The maximum Gasteiger partial charge on any atom is 0.166 e. The van der Waals surface area contributed by atoms with Gasteiger partial charge in [-0.1, -0.05) is 48.6 Å². The maximum atomic E-state index is 11.9. The van der Waals surface area contributed by atoms with Gasteiger partial charge in [-0.2, -0.15) is 0 Å². The van der Waals surface area contributed by atoms with E-state index < -0.39 is 23.2 Å². The molecule has 4 aliphatic rings. The summed E-state index contributed by atoms with van der Waals surface area (Å²) in [4.78, 5) is 2.24. The average Bonchev–Trinajstić information content (AvgIpc) is 3.09. The topological polar surface area (TPSA) is 62.2 Å². The summed E-state index contributed by atoms with van der Waals surface area (Å²) in [5.74, 6) is 1.39. The van der Waals surface area contributed by atoms with Crippen LogP contribution in [-0.2, 0) is 18.4 Å². The van der Waals surface area contributed by atoms with E-state index in [1.807, 2.05) is 42.5 Å². The van der Waals surface area contributed by atoms with Gasteiger partial charge in [0.05, 0.1) is 5.41 Å². The fraction of sp³-hybridized carbons (Fsp3) is 0.417. The molecule has 1 spiro atoms. The SMILES string of the molecule is CN1CC[C@]23c4c5ccc(OCc6ccccc6)c4O[C@H]2[C@@H](O)C=C[C@@]3(O)[C@H]1C5. The van der Waals surface area contributed by atoms with Crippen LogP contribution in [0.25, 0.3) is 0 Å². The van der Waals surface area contributed by atoms with Gasteiger partial charge in [-0.15, -0.1) is 0 Å². The van der Waals surface area contributed by atoms with Crippen LogP contribution >= 0.6 is 0 Å². The summed E-state index contributed by atoms with van der Waals surface area (Å²) in [7, 11) is 2.07. The third-order valence-corrected chi connectivity index (χ3v) is 7.51. The van der Waals surface area contributed by atoms with Gasteiger partial charge in [0.1, 0.15) is 24.4 Å². The fourth-order valence-corrected chi connectivity index (χ4v) is 6.12. The maximum absolute atomic E-state index is 11.9. The summed E-state index contributed by atoms with van der Waals surface area (Å²) in [5.41, 5.74) is 1.64. The van der Waals surface area contributed by atoms with Crippen molar-refractivity contribution in [1.82, 2.24) is 4.90 Å². The molecule has 2 heterocycles. The highest BCUT2D eigenvalue weighted by molar-refractivity contribution is 5.64. The molecule has 0 unspecified atom stereocenters. The number of likely N-dealkylation sites (tertiary alicyclic amines) is 1. The number of rotatable bonds is 3. The molecular formula is C24H25NO4. The van der Waals surface area contributed by atoms with Crippen LogP contribution in [0, 0.1) is 0 Å². The van der Waals surface area contributed by atoms with E-state index in [0.717, 1.165) is 30.5 Å². The van der Waals surface area contributed by atoms with Crippen molar-refractivity contribution < 1.29 is 19.7 Å². The Morgan fingerprint density at radius 3 is 2.86 bits per heavy atom. The summed E-state index contributed by atoms with van der Waals surface area (Å²) >= 11 is 0. The van der Waals surface area contributed by atoms with E-state index in [9.17, 15) is 10.2 Å². The van der Waals surface area contributed by atoms with Gasteiger partial charge in [0.2, 0.25) is 0 Å². The first-order valence-electron chi connectivity index (χ1n) is 10.3. The Morgan fingerprint density at radius 2 is 2.03 bits per heavy atom. The largest absolute Gasteiger partial charge is 0.485 e. The van der Waals surface area contributed by atoms with Crippen molar-refractivity contribution in [3.8, 4) is 11.5 Å². The van der Waals surface area contributed by atoms with Gasteiger partial charge in [0.25, 0.3) is 0 Å². The van der Waals surface area contributed by atoms with Crippen LogP contribution in [0.4, 0.5) is 0 Å². The van der Waals surface area contributed by atoms with Crippen LogP contribution in [-0.4, -0.2) is 52.6 Å². The second-order valence-electron chi connectivity index (χ2n) is 8.84. The summed E-state index contributed by atoms with van der Waals surface area (Å²) in [6.45, 7) is 1.31. The lowest BCUT2D eigenvalue weighted by Crippen LogP contribution is -2.75. The van der Waals surface area contributed by atoms with Crippen molar-refractivity contribution in [1.29, 1.82) is 0 Å².